The van der Waals surface area contributed by atoms with Gasteiger partial charge in [-0.25, -0.2) is 4.39 Å². The zero-order valence-corrected chi connectivity index (χ0v) is 10.7. The van der Waals surface area contributed by atoms with E-state index in [9.17, 15) is 9.18 Å². The van der Waals surface area contributed by atoms with Gasteiger partial charge in [-0.05, 0) is 30.2 Å². The highest BCUT2D eigenvalue weighted by Gasteiger charge is 2.16. The summed E-state index contributed by atoms with van der Waals surface area (Å²) in [5.41, 5.74) is 1.61. The predicted octanol–water partition coefficient (Wildman–Crippen LogP) is 3.75. The van der Waals surface area contributed by atoms with Gasteiger partial charge in [0.1, 0.15) is 11.6 Å². The minimum Gasteiger partial charge on any atom is -0.298 e. The molecule has 0 saturated carbocycles. The van der Waals surface area contributed by atoms with E-state index in [0.717, 1.165) is 5.56 Å². The van der Waals surface area contributed by atoms with Gasteiger partial charge < -0.3 is 0 Å². The summed E-state index contributed by atoms with van der Waals surface area (Å²) in [6.07, 6.45) is 0. The zero-order chi connectivity index (χ0) is 10.7. The van der Waals surface area contributed by atoms with E-state index in [0.29, 0.717) is 10.9 Å². The van der Waals surface area contributed by atoms with Gasteiger partial charge in [-0.1, -0.05) is 37.9 Å². The van der Waals surface area contributed by atoms with Gasteiger partial charge in [-0.15, -0.1) is 0 Å². The van der Waals surface area contributed by atoms with Gasteiger partial charge >= 0.3 is 0 Å². The fraction of sp³-hybridized carbons (Fsp3) is 0.300. The van der Waals surface area contributed by atoms with Gasteiger partial charge in [0, 0.05) is 5.33 Å². The Morgan fingerprint density at radius 3 is 2.71 bits per heavy atom. The first kappa shape index (κ1) is 11.9. The van der Waals surface area contributed by atoms with Crippen LogP contribution < -0.4 is 0 Å². The molecule has 76 valence electrons. The normalized spacial score (nSPS) is 12.6. The van der Waals surface area contributed by atoms with Crippen molar-refractivity contribution in [3.63, 3.8) is 0 Å². The van der Waals surface area contributed by atoms with E-state index >= 15 is 0 Å². The highest BCUT2D eigenvalue weighted by Crippen LogP contribution is 2.28. The number of hydrogen-bond acceptors (Lipinski definition) is 1. The van der Waals surface area contributed by atoms with Gasteiger partial charge in [0.15, 0.2) is 0 Å². The quantitative estimate of drug-likeness (QED) is 0.774. The molecule has 0 spiro atoms. The average Bonchev–Trinajstić information content (AvgIpc) is 2.16. The van der Waals surface area contributed by atoms with Gasteiger partial charge in [0.2, 0.25) is 0 Å². The Labute approximate surface area is 99.0 Å². The summed E-state index contributed by atoms with van der Waals surface area (Å²) in [6, 6.07) is 4.45. The lowest BCUT2D eigenvalue weighted by Crippen LogP contribution is -2.04. The third-order valence-electron chi connectivity index (χ3n) is 1.88. The van der Waals surface area contributed by atoms with Crippen LogP contribution in [0.25, 0.3) is 0 Å². The topological polar surface area (TPSA) is 17.1 Å². The third-order valence-corrected chi connectivity index (χ3v) is 3.62. The Hall–Kier alpha value is -0.220. The van der Waals surface area contributed by atoms with Crippen molar-refractivity contribution in [2.75, 3.05) is 0 Å². The molecular weight excluding hydrogens is 315 g/mol. The number of Topliss-reactive ketones (excluding diaryl/α,β-unsaturated/α-hetero) is 1. The Kier molecular flexibility index (Phi) is 4.26. The number of hydrogen-bond donors (Lipinski definition) is 0. The summed E-state index contributed by atoms with van der Waals surface area (Å²) in [7, 11) is 0. The van der Waals surface area contributed by atoms with Crippen LogP contribution in [0.3, 0.4) is 0 Å². The van der Waals surface area contributed by atoms with Crippen molar-refractivity contribution < 1.29 is 9.18 Å². The molecule has 0 aliphatic carbocycles. The summed E-state index contributed by atoms with van der Waals surface area (Å²) in [6.45, 7) is 1.47. The van der Waals surface area contributed by atoms with E-state index in [2.05, 4.69) is 31.9 Å². The summed E-state index contributed by atoms with van der Waals surface area (Å²) < 4.78 is 13.0. The van der Waals surface area contributed by atoms with Crippen LogP contribution in [0.15, 0.2) is 18.2 Å². The number of carbonyl (C=O) groups is 1. The molecule has 1 atom stereocenters. The lowest BCUT2D eigenvalue weighted by Gasteiger charge is -2.10. The molecule has 0 aromatic heterocycles. The van der Waals surface area contributed by atoms with Gasteiger partial charge in [-0.2, -0.15) is 0 Å². The number of carbonyl (C=O) groups excluding carboxylic acids is 1. The molecule has 1 rings (SSSR count). The molecule has 4 heteroatoms. The molecule has 1 aromatic rings. The molecule has 0 aliphatic heterocycles. The molecule has 1 unspecified atom stereocenters. The molecule has 1 aromatic carbocycles. The van der Waals surface area contributed by atoms with E-state index in [1.807, 2.05) is 0 Å². The first-order chi connectivity index (χ1) is 6.56. The van der Waals surface area contributed by atoms with Crippen molar-refractivity contribution >= 4 is 37.6 Å². The van der Waals surface area contributed by atoms with Crippen LogP contribution in [0.4, 0.5) is 4.39 Å². The van der Waals surface area contributed by atoms with Crippen LogP contribution in [-0.4, -0.2) is 5.78 Å². The number of benzene rings is 1. The van der Waals surface area contributed by atoms with Gasteiger partial charge in [-0.3, -0.25) is 4.79 Å². The molecular formula is C10H9Br2FO. The molecule has 0 fully saturated rings. The SMILES string of the molecule is CC(=O)C(Br)c1cc(F)ccc1CBr. The molecule has 0 N–H and O–H groups in total. The van der Waals surface area contributed by atoms with Crippen LogP contribution >= 0.6 is 31.9 Å². The molecule has 0 heterocycles. The number of rotatable bonds is 3. The third kappa shape index (κ3) is 2.64. The Balaban J connectivity index is 3.16. The number of alkyl halides is 2. The largest absolute Gasteiger partial charge is 0.298 e. The number of ketones is 1. The maximum Gasteiger partial charge on any atom is 0.147 e. The minimum atomic E-state index is -0.425. The predicted molar refractivity (Wildman–Crippen MR) is 61.4 cm³/mol. The standard InChI is InChI=1S/C10H9Br2FO/c1-6(14)10(12)9-4-8(13)3-2-7(9)5-11/h2-4,10H,5H2,1H3. The van der Waals surface area contributed by atoms with Gasteiger partial charge in [0.25, 0.3) is 0 Å². The van der Waals surface area contributed by atoms with E-state index in [1.54, 1.807) is 6.07 Å². The fourth-order valence-corrected chi connectivity index (χ4v) is 2.08. The second-order valence-corrected chi connectivity index (χ2v) is 4.43. The van der Waals surface area contributed by atoms with Crippen LogP contribution in [0, 0.1) is 5.82 Å². The highest BCUT2D eigenvalue weighted by molar-refractivity contribution is 9.09. The minimum absolute atomic E-state index is 0.0298. The molecule has 0 bridgehead atoms. The fourth-order valence-electron chi connectivity index (χ4n) is 1.14. The molecule has 0 radical (unpaired) electrons. The van der Waals surface area contributed by atoms with E-state index in [-0.39, 0.29) is 11.6 Å². The van der Waals surface area contributed by atoms with Crippen LogP contribution in [0.5, 0.6) is 0 Å². The molecule has 14 heavy (non-hydrogen) atoms. The van der Waals surface area contributed by atoms with Crippen molar-refractivity contribution in [1.29, 1.82) is 0 Å². The molecule has 1 nitrogen and oxygen atoms in total. The van der Waals surface area contributed by atoms with Crippen molar-refractivity contribution in [2.24, 2.45) is 0 Å². The maximum atomic E-state index is 13.0. The summed E-state index contributed by atoms with van der Waals surface area (Å²) in [4.78, 5) is 10.7. The van der Waals surface area contributed by atoms with Crippen LogP contribution in [0.2, 0.25) is 0 Å². The Morgan fingerprint density at radius 1 is 1.57 bits per heavy atom. The molecule has 0 amide bonds. The number of halogens is 3. The second-order valence-electron chi connectivity index (χ2n) is 2.95. The summed E-state index contributed by atoms with van der Waals surface area (Å²) in [5, 5.41) is 0.609. The molecule has 0 aliphatic rings. The summed E-state index contributed by atoms with van der Waals surface area (Å²) in [5.74, 6) is -0.354. The monoisotopic (exact) mass is 322 g/mol. The van der Waals surface area contributed by atoms with Gasteiger partial charge in [0.05, 0.1) is 4.83 Å². The first-order valence-electron chi connectivity index (χ1n) is 4.05. The zero-order valence-electron chi connectivity index (χ0n) is 7.56. The van der Waals surface area contributed by atoms with Crippen molar-refractivity contribution in [3.8, 4) is 0 Å². The first-order valence-corrected chi connectivity index (χ1v) is 6.08. The highest BCUT2D eigenvalue weighted by atomic mass is 79.9. The van der Waals surface area contributed by atoms with Crippen LogP contribution in [-0.2, 0) is 10.1 Å². The lowest BCUT2D eigenvalue weighted by atomic mass is 10.0. The van der Waals surface area contributed by atoms with Crippen molar-refractivity contribution in [3.05, 3.63) is 35.1 Å². The average molecular weight is 324 g/mol. The van der Waals surface area contributed by atoms with Crippen molar-refractivity contribution in [2.45, 2.75) is 17.1 Å². The lowest BCUT2D eigenvalue weighted by molar-refractivity contribution is -0.116. The van der Waals surface area contributed by atoms with E-state index in [1.165, 1.54) is 19.1 Å². The molecule has 0 saturated heterocycles. The second kappa shape index (κ2) is 5.03. The van der Waals surface area contributed by atoms with E-state index in [4.69, 9.17) is 0 Å². The Morgan fingerprint density at radius 2 is 2.21 bits per heavy atom. The van der Waals surface area contributed by atoms with Crippen LogP contribution in [0.1, 0.15) is 22.9 Å². The Bertz CT molecular complexity index is 352. The summed E-state index contributed by atoms with van der Waals surface area (Å²) >= 11 is 6.53. The van der Waals surface area contributed by atoms with E-state index < -0.39 is 4.83 Å². The maximum absolute atomic E-state index is 13.0. The van der Waals surface area contributed by atoms with Crippen molar-refractivity contribution in [1.82, 2.24) is 0 Å². The smallest absolute Gasteiger partial charge is 0.147 e.